The molecule has 2 heterocycles. The number of imidazole rings is 1. The van der Waals surface area contributed by atoms with Gasteiger partial charge in [-0.1, -0.05) is 12.1 Å². The summed E-state index contributed by atoms with van der Waals surface area (Å²) >= 11 is 0. The predicted molar refractivity (Wildman–Crippen MR) is 76.4 cm³/mol. The Bertz CT molecular complexity index is 823. The van der Waals surface area contributed by atoms with Crippen LogP contribution in [0.25, 0.3) is 16.8 Å². The zero-order valence-corrected chi connectivity index (χ0v) is 10.8. The number of benzene rings is 1. The van der Waals surface area contributed by atoms with Gasteiger partial charge in [0.15, 0.2) is 0 Å². The van der Waals surface area contributed by atoms with E-state index in [0.29, 0.717) is 16.9 Å². The summed E-state index contributed by atoms with van der Waals surface area (Å²) in [5.41, 5.74) is 8.32. The summed E-state index contributed by atoms with van der Waals surface area (Å²) in [6.07, 6.45) is 1.76. The molecule has 6 nitrogen and oxygen atoms in total. The molecule has 2 N–H and O–H groups in total. The van der Waals surface area contributed by atoms with Gasteiger partial charge in [-0.05, 0) is 25.1 Å². The number of nitrogens with two attached hydrogens (primary N) is 1. The van der Waals surface area contributed by atoms with E-state index in [0.717, 1.165) is 11.3 Å². The maximum atomic E-state index is 11.1. The average molecular weight is 268 g/mol. The molecule has 0 aliphatic heterocycles. The molecule has 0 spiro atoms. The Labute approximate surface area is 114 Å². The highest BCUT2D eigenvalue weighted by atomic mass is 16.6. The molecule has 0 bridgehead atoms. The highest BCUT2D eigenvalue weighted by Crippen LogP contribution is 2.32. The Kier molecular flexibility index (Phi) is 2.64. The number of hydrogen-bond donors (Lipinski definition) is 1. The van der Waals surface area contributed by atoms with Crippen molar-refractivity contribution in [3.63, 3.8) is 0 Å². The van der Waals surface area contributed by atoms with Gasteiger partial charge in [0, 0.05) is 18.0 Å². The molecule has 1 aromatic carbocycles. The van der Waals surface area contributed by atoms with Crippen molar-refractivity contribution in [2.24, 2.45) is 0 Å². The fourth-order valence-electron chi connectivity index (χ4n) is 2.28. The summed E-state index contributed by atoms with van der Waals surface area (Å²) in [5, 5.41) is 11.1. The Morgan fingerprint density at radius 2 is 2.00 bits per heavy atom. The molecular formula is C14H12N4O2. The summed E-state index contributed by atoms with van der Waals surface area (Å²) in [4.78, 5) is 15.2. The van der Waals surface area contributed by atoms with Crippen LogP contribution >= 0.6 is 0 Å². The third-order valence-electron chi connectivity index (χ3n) is 3.19. The predicted octanol–water partition coefficient (Wildman–Crippen LogP) is 2.80. The number of pyridine rings is 1. The quantitative estimate of drug-likeness (QED) is 0.572. The first-order valence-electron chi connectivity index (χ1n) is 6.06. The molecule has 0 saturated carbocycles. The molecular weight excluding hydrogens is 256 g/mol. The maximum Gasteiger partial charge on any atom is 0.278 e. The van der Waals surface area contributed by atoms with E-state index >= 15 is 0 Å². The molecule has 0 atom stereocenters. The van der Waals surface area contributed by atoms with E-state index < -0.39 is 4.92 Å². The molecule has 6 heteroatoms. The van der Waals surface area contributed by atoms with Gasteiger partial charge in [0.05, 0.1) is 16.0 Å². The molecule has 3 rings (SSSR count). The summed E-state index contributed by atoms with van der Waals surface area (Å²) in [7, 11) is 0. The minimum Gasteiger partial charge on any atom is -0.398 e. The maximum absolute atomic E-state index is 11.1. The summed E-state index contributed by atoms with van der Waals surface area (Å²) < 4.78 is 1.83. The minimum absolute atomic E-state index is 0.0457. The second kappa shape index (κ2) is 4.34. The minimum atomic E-state index is -0.396. The number of aryl methyl sites for hydroxylation is 1. The van der Waals surface area contributed by atoms with Crippen molar-refractivity contribution in [3.8, 4) is 11.3 Å². The smallest absolute Gasteiger partial charge is 0.278 e. The average Bonchev–Trinajstić information content (AvgIpc) is 2.75. The molecule has 3 aromatic rings. The van der Waals surface area contributed by atoms with Gasteiger partial charge in [-0.15, -0.1) is 0 Å². The largest absolute Gasteiger partial charge is 0.398 e. The van der Waals surface area contributed by atoms with Gasteiger partial charge in [-0.2, -0.15) is 0 Å². The zero-order valence-electron chi connectivity index (χ0n) is 10.8. The molecule has 0 aliphatic carbocycles. The standard InChI is InChI=1S/C14H12N4O2/c1-9-16-14(13-7-6-10(15)8-17(9)13)11-4-2-3-5-12(11)18(19)20/h2-8H,15H2,1H3. The van der Waals surface area contributed by atoms with Crippen LogP contribution in [0.15, 0.2) is 42.6 Å². The van der Waals surface area contributed by atoms with Crippen LogP contribution in [0, 0.1) is 17.0 Å². The fraction of sp³-hybridized carbons (Fsp3) is 0.0714. The lowest BCUT2D eigenvalue weighted by Crippen LogP contribution is -1.93. The van der Waals surface area contributed by atoms with Crippen LogP contribution in [0.2, 0.25) is 0 Å². The van der Waals surface area contributed by atoms with Crippen LogP contribution in [0.5, 0.6) is 0 Å². The van der Waals surface area contributed by atoms with Gasteiger partial charge in [-0.25, -0.2) is 4.98 Å². The Morgan fingerprint density at radius 3 is 2.75 bits per heavy atom. The van der Waals surface area contributed by atoms with Crippen molar-refractivity contribution in [2.75, 3.05) is 5.73 Å². The molecule has 20 heavy (non-hydrogen) atoms. The van der Waals surface area contributed by atoms with Crippen LogP contribution in [0.4, 0.5) is 11.4 Å². The number of nitrogen functional groups attached to an aromatic ring is 1. The fourth-order valence-corrected chi connectivity index (χ4v) is 2.28. The van der Waals surface area contributed by atoms with E-state index in [2.05, 4.69) is 4.98 Å². The van der Waals surface area contributed by atoms with Crippen molar-refractivity contribution >= 4 is 16.9 Å². The Hall–Kier alpha value is -2.89. The molecule has 100 valence electrons. The number of para-hydroxylation sites is 1. The normalized spacial score (nSPS) is 10.8. The van der Waals surface area contributed by atoms with Crippen molar-refractivity contribution in [3.05, 3.63) is 58.5 Å². The molecule has 2 aromatic heterocycles. The molecule has 0 saturated heterocycles. The van der Waals surface area contributed by atoms with E-state index in [9.17, 15) is 10.1 Å². The van der Waals surface area contributed by atoms with E-state index in [1.165, 1.54) is 6.07 Å². The van der Waals surface area contributed by atoms with Crippen molar-refractivity contribution in [1.82, 2.24) is 9.38 Å². The van der Waals surface area contributed by atoms with Crippen molar-refractivity contribution < 1.29 is 4.92 Å². The topological polar surface area (TPSA) is 86.5 Å². The summed E-state index contributed by atoms with van der Waals surface area (Å²) in [5.74, 6) is 0.737. The van der Waals surface area contributed by atoms with Crippen LogP contribution in [0.1, 0.15) is 5.82 Å². The zero-order chi connectivity index (χ0) is 14.3. The monoisotopic (exact) mass is 268 g/mol. The van der Waals surface area contributed by atoms with Gasteiger partial charge in [0.1, 0.15) is 11.5 Å². The lowest BCUT2D eigenvalue weighted by Gasteiger charge is -2.01. The van der Waals surface area contributed by atoms with Crippen LogP contribution < -0.4 is 5.73 Å². The third kappa shape index (κ3) is 1.78. The molecule has 0 radical (unpaired) electrons. The Morgan fingerprint density at radius 1 is 1.25 bits per heavy atom. The van der Waals surface area contributed by atoms with Crippen LogP contribution in [0.3, 0.4) is 0 Å². The highest BCUT2D eigenvalue weighted by Gasteiger charge is 2.19. The molecule has 0 aliphatic rings. The summed E-state index contributed by atoms with van der Waals surface area (Å²) in [6, 6.07) is 10.2. The SMILES string of the molecule is Cc1nc(-c2ccccc2[N+](=O)[O-])c2ccc(N)cn12. The van der Waals surface area contributed by atoms with Gasteiger partial charge in [0.25, 0.3) is 5.69 Å². The van der Waals surface area contributed by atoms with Crippen LogP contribution in [-0.4, -0.2) is 14.3 Å². The molecule has 0 unspecified atom stereocenters. The number of aromatic nitrogens is 2. The second-order valence-electron chi connectivity index (χ2n) is 4.50. The third-order valence-corrected chi connectivity index (χ3v) is 3.19. The van der Waals surface area contributed by atoms with Gasteiger partial charge in [0.2, 0.25) is 0 Å². The first-order valence-corrected chi connectivity index (χ1v) is 6.06. The van der Waals surface area contributed by atoms with E-state index in [1.54, 1.807) is 30.5 Å². The number of nitro benzene ring substituents is 1. The number of anilines is 1. The van der Waals surface area contributed by atoms with E-state index in [4.69, 9.17) is 5.73 Å². The molecule has 0 fully saturated rings. The molecule has 0 amide bonds. The number of hydrogen-bond acceptors (Lipinski definition) is 4. The van der Waals surface area contributed by atoms with Crippen LogP contribution in [-0.2, 0) is 0 Å². The van der Waals surface area contributed by atoms with Gasteiger partial charge in [-0.3, -0.25) is 10.1 Å². The van der Waals surface area contributed by atoms with Gasteiger partial charge >= 0.3 is 0 Å². The first kappa shape index (κ1) is 12.2. The number of fused-ring (bicyclic) bond motifs is 1. The highest BCUT2D eigenvalue weighted by molar-refractivity contribution is 5.83. The Balaban J connectivity index is 2.34. The van der Waals surface area contributed by atoms with Gasteiger partial charge < -0.3 is 10.1 Å². The number of rotatable bonds is 2. The summed E-state index contributed by atoms with van der Waals surface area (Å²) in [6.45, 7) is 1.84. The number of nitro groups is 1. The van der Waals surface area contributed by atoms with E-state index in [1.807, 2.05) is 17.4 Å². The first-order chi connectivity index (χ1) is 9.58. The lowest BCUT2D eigenvalue weighted by molar-refractivity contribution is -0.384. The number of nitrogens with zero attached hydrogens (tertiary/aromatic N) is 3. The van der Waals surface area contributed by atoms with Crippen molar-refractivity contribution in [1.29, 1.82) is 0 Å². The van der Waals surface area contributed by atoms with E-state index in [-0.39, 0.29) is 5.69 Å². The second-order valence-corrected chi connectivity index (χ2v) is 4.50. The lowest BCUT2D eigenvalue weighted by atomic mass is 10.1. The van der Waals surface area contributed by atoms with Crippen molar-refractivity contribution in [2.45, 2.75) is 6.92 Å².